The zero-order chi connectivity index (χ0) is 19.9. The molecule has 0 unspecified atom stereocenters. The lowest BCUT2D eigenvalue weighted by atomic mass is 10.2. The number of carbonyl (C=O) groups excluding carboxylic acids is 2. The number of rotatable bonds is 6. The third-order valence-corrected chi connectivity index (χ3v) is 3.82. The van der Waals surface area contributed by atoms with Gasteiger partial charge in [0.25, 0.3) is 5.91 Å². The van der Waals surface area contributed by atoms with Crippen LogP contribution in [0.15, 0.2) is 60.8 Å². The number of methoxy groups -OCH3 is 1. The molecule has 0 atom stereocenters. The Morgan fingerprint density at radius 2 is 1.75 bits per heavy atom. The van der Waals surface area contributed by atoms with E-state index in [1.54, 1.807) is 36.4 Å². The second-order valence-electron chi connectivity index (χ2n) is 5.77. The SMILES string of the molecule is COC(=O)c1ccc(Nc2nccc(C(=O)NCc3ccc(F)cc3)n2)cc1. The molecule has 7 nitrogen and oxygen atoms in total. The van der Waals surface area contributed by atoms with Gasteiger partial charge in [-0.25, -0.2) is 19.2 Å². The van der Waals surface area contributed by atoms with Crippen molar-refractivity contribution in [2.45, 2.75) is 6.54 Å². The summed E-state index contributed by atoms with van der Waals surface area (Å²) in [5, 5.41) is 5.69. The summed E-state index contributed by atoms with van der Waals surface area (Å²) in [6.45, 7) is 0.251. The summed E-state index contributed by atoms with van der Waals surface area (Å²) in [6.07, 6.45) is 1.46. The minimum absolute atomic E-state index is 0.186. The van der Waals surface area contributed by atoms with Crippen LogP contribution in [0.5, 0.6) is 0 Å². The van der Waals surface area contributed by atoms with Crippen LogP contribution in [-0.4, -0.2) is 29.0 Å². The van der Waals surface area contributed by atoms with E-state index in [-0.39, 0.29) is 29.9 Å². The van der Waals surface area contributed by atoms with Gasteiger partial charge in [0, 0.05) is 18.4 Å². The Kier molecular flexibility index (Phi) is 5.91. The van der Waals surface area contributed by atoms with Crippen LogP contribution in [0, 0.1) is 5.82 Å². The van der Waals surface area contributed by atoms with Crippen molar-refractivity contribution >= 4 is 23.5 Å². The fourth-order valence-corrected chi connectivity index (χ4v) is 2.36. The van der Waals surface area contributed by atoms with Crippen molar-refractivity contribution in [2.24, 2.45) is 0 Å². The standard InChI is InChI=1S/C20H17FN4O3/c1-28-19(27)14-4-8-16(9-5-14)24-20-22-11-10-17(25-20)18(26)23-12-13-2-6-15(21)7-3-13/h2-11H,12H2,1H3,(H,23,26)(H,22,24,25). The lowest BCUT2D eigenvalue weighted by Crippen LogP contribution is -2.24. The zero-order valence-corrected chi connectivity index (χ0v) is 15.0. The second-order valence-corrected chi connectivity index (χ2v) is 5.77. The van der Waals surface area contributed by atoms with Gasteiger partial charge in [0.1, 0.15) is 11.5 Å². The number of carbonyl (C=O) groups is 2. The first-order valence-corrected chi connectivity index (χ1v) is 8.36. The molecule has 1 amide bonds. The molecule has 2 N–H and O–H groups in total. The molecule has 3 aromatic rings. The van der Waals surface area contributed by atoms with Gasteiger partial charge in [-0.3, -0.25) is 4.79 Å². The number of halogens is 1. The molecule has 3 rings (SSSR count). The van der Waals surface area contributed by atoms with Crippen LogP contribution in [0.1, 0.15) is 26.4 Å². The van der Waals surface area contributed by atoms with Crippen LogP contribution in [-0.2, 0) is 11.3 Å². The maximum absolute atomic E-state index is 12.9. The Morgan fingerprint density at radius 1 is 1.04 bits per heavy atom. The predicted octanol–water partition coefficient (Wildman–Crippen LogP) is 3.08. The molecule has 0 spiro atoms. The van der Waals surface area contributed by atoms with Crippen LogP contribution in [0.25, 0.3) is 0 Å². The van der Waals surface area contributed by atoms with Crippen molar-refractivity contribution in [2.75, 3.05) is 12.4 Å². The summed E-state index contributed by atoms with van der Waals surface area (Å²) in [7, 11) is 1.31. The normalized spacial score (nSPS) is 10.2. The predicted molar refractivity (Wildman–Crippen MR) is 101 cm³/mol. The summed E-state index contributed by atoms with van der Waals surface area (Å²) in [5.41, 5.74) is 2.03. The summed E-state index contributed by atoms with van der Waals surface area (Å²) < 4.78 is 17.6. The van der Waals surface area contributed by atoms with Gasteiger partial charge in [-0.15, -0.1) is 0 Å². The number of amides is 1. The Morgan fingerprint density at radius 3 is 2.43 bits per heavy atom. The van der Waals surface area contributed by atoms with Gasteiger partial charge < -0.3 is 15.4 Å². The lowest BCUT2D eigenvalue weighted by molar-refractivity contribution is 0.0600. The largest absolute Gasteiger partial charge is 0.465 e. The van der Waals surface area contributed by atoms with Crippen LogP contribution >= 0.6 is 0 Å². The topological polar surface area (TPSA) is 93.2 Å². The number of anilines is 2. The number of hydrogen-bond donors (Lipinski definition) is 2. The average Bonchev–Trinajstić information content (AvgIpc) is 2.73. The molecular weight excluding hydrogens is 363 g/mol. The smallest absolute Gasteiger partial charge is 0.337 e. The third-order valence-electron chi connectivity index (χ3n) is 3.82. The highest BCUT2D eigenvalue weighted by atomic mass is 19.1. The van der Waals surface area contributed by atoms with E-state index in [2.05, 4.69) is 25.3 Å². The molecule has 0 aliphatic rings. The highest BCUT2D eigenvalue weighted by Crippen LogP contribution is 2.14. The minimum atomic E-state index is -0.428. The summed E-state index contributed by atoms with van der Waals surface area (Å²) in [4.78, 5) is 32.0. The first kappa shape index (κ1) is 19.0. The van der Waals surface area contributed by atoms with E-state index in [0.29, 0.717) is 11.3 Å². The number of esters is 1. The molecular formula is C20H17FN4O3. The third kappa shape index (κ3) is 4.88. The minimum Gasteiger partial charge on any atom is -0.465 e. The lowest BCUT2D eigenvalue weighted by Gasteiger charge is -2.08. The highest BCUT2D eigenvalue weighted by Gasteiger charge is 2.10. The molecule has 2 aromatic carbocycles. The van der Waals surface area contributed by atoms with E-state index < -0.39 is 5.97 Å². The van der Waals surface area contributed by atoms with Crippen molar-refractivity contribution in [1.29, 1.82) is 0 Å². The molecule has 0 bridgehead atoms. The Hall–Kier alpha value is -3.81. The quantitative estimate of drug-likeness (QED) is 0.639. The maximum atomic E-state index is 12.9. The maximum Gasteiger partial charge on any atom is 0.337 e. The van der Waals surface area contributed by atoms with E-state index >= 15 is 0 Å². The van der Waals surface area contributed by atoms with E-state index in [1.807, 2.05) is 0 Å². The van der Waals surface area contributed by atoms with Crippen molar-refractivity contribution < 1.29 is 18.7 Å². The van der Waals surface area contributed by atoms with Gasteiger partial charge in [-0.05, 0) is 48.0 Å². The summed E-state index contributed by atoms with van der Waals surface area (Å²) in [6, 6.07) is 13.9. The first-order valence-electron chi connectivity index (χ1n) is 8.36. The number of ether oxygens (including phenoxy) is 1. The fraction of sp³-hybridized carbons (Fsp3) is 0.100. The molecule has 28 heavy (non-hydrogen) atoms. The average molecular weight is 380 g/mol. The van der Waals surface area contributed by atoms with Gasteiger partial charge in [0.2, 0.25) is 5.95 Å². The van der Waals surface area contributed by atoms with Gasteiger partial charge in [0.05, 0.1) is 12.7 Å². The van der Waals surface area contributed by atoms with Crippen molar-refractivity contribution in [3.05, 3.63) is 83.4 Å². The van der Waals surface area contributed by atoms with Crippen LogP contribution in [0.2, 0.25) is 0 Å². The van der Waals surface area contributed by atoms with Crippen molar-refractivity contribution in [1.82, 2.24) is 15.3 Å². The number of aromatic nitrogens is 2. The molecule has 8 heteroatoms. The molecule has 0 radical (unpaired) electrons. The van der Waals surface area contributed by atoms with E-state index in [0.717, 1.165) is 5.56 Å². The van der Waals surface area contributed by atoms with Crippen LogP contribution in [0.3, 0.4) is 0 Å². The van der Waals surface area contributed by atoms with E-state index in [1.165, 1.54) is 31.5 Å². The van der Waals surface area contributed by atoms with E-state index in [4.69, 9.17) is 0 Å². The summed E-state index contributed by atoms with van der Waals surface area (Å²) >= 11 is 0. The molecule has 0 aliphatic carbocycles. The van der Waals surface area contributed by atoms with Gasteiger partial charge >= 0.3 is 5.97 Å². The Bertz CT molecular complexity index is 976. The van der Waals surface area contributed by atoms with Crippen molar-refractivity contribution in [3.63, 3.8) is 0 Å². The molecule has 0 aliphatic heterocycles. The van der Waals surface area contributed by atoms with E-state index in [9.17, 15) is 14.0 Å². The molecule has 1 aromatic heterocycles. The molecule has 0 fully saturated rings. The number of benzene rings is 2. The zero-order valence-electron chi connectivity index (χ0n) is 15.0. The van der Waals surface area contributed by atoms with Gasteiger partial charge in [-0.2, -0.15) is 0 Å². The molecule has 0 saturated carbocycles. The summed E-state index contributed by atoms with van der Waals surface area (Å²) in [5.74, 6) is -0.903. The molecule has 0 saturated heterocycles. The van der Waals surface area contributed by atoms with Crippen LogP contribution < -0.4 is 10.6 Å². The number of nitrogens with zero attached hydrogens (tertiary/aromatic N) is 2. The Balaban J connectivity index is 1.63. The number of hydrogen-bond acceptors (Lipinski definition) is 6. The Labute approximate surface area is 160 Å². The van der Waals surface area contributed by atoms with Crippen LogP contribution in [0.4, 0.5) is 16.0 Å². The van der Waals surface area contributed by atoms with Gasteiger partial charge in [0.15, 0.2) is 0 Å². The fourth-order valence-electron chi connectivity index (χ4n) is 2.36. The second kappa shape index (κ2) is 8.72. The molecule has 142 valence electrons. The molecule has 1 heterocycles. The number of nitrogens with one attached hydrogen (secondary N) is 2. The van der Waals surface area contributed by atoms with Gasteiger partial charge in [-0.1, -0.05) is 12.1 Å². The first-order chi connectivity index (χ1) is 13.5. The van der Waals surface area contributed by atoms with Crippen molar-refractivity contribution in [3.8, 4) is 0 Å². The highest BCUT2D eigenvalue weighted by molar-refractivity contribution is 5.92. The monoisotopic (exact) mass is 380 g/mol.